The zero-order chi connectivity index (χ0) is 29.3. The monoisotopic (exact) mass is 551 g/mol. The molecule has 0 fully saturated rings. The topological polar surface area (TPSA) is 87.7 Å². The smallest absolute Gasteiger partial charge is 0.408 e. The molecule has 2 N–H and O–H groups in total. The second-order valence-corrected chi connectivity index (χ2v) is 10.8. The molecule has 2 rings (SSSR count). The van der Waals surface area contributed by atoms with Crippen molar-refractivity contribution in [3.63, 3.8) is 0 Å². The number of para-hydroxylation sites is 1. The van der Waals surface area contributed by atoms with Gasteiger partial charge in [-0.05, 0) is 62.9 Å². The Balaban J connectivity index is 2.58. The van der Waals surface area contributed by atoms with Crippen LogP contribution < -0.4 is 10.6 Å². The van der Waals surface area contributed by atoms with Crippen LogP contribution in [0.25, 0.3) is 0 Å². The third kappa shape index (κ3) is 8.62. The molecule has 2 aromatic rings. The van der Waals surface area contributed by atoms with Gasteiger partial charge in [0.15, 0.2) is 0 Å². The van der Waals surface area contributed by atoms with Crippen LogP contribution in [-0.2, 0) is 14.3 Å². The van der Waals surface area contributed by atoms with Crippen molar-refractivity contribution in [3.05, 3.63) is 76.8 Å². The van der Waals surface area contributed by atoms with Crippen LogP contribution in [0.5, 0.6) is 0 Å². The molecule has 0 aliphatic carbocycles. The van der Waals surface area contributed by atoms with Gasteiger partial charge < -0.3 is 20.3 Å². The van der Waals surface area contributed by atoms with Gasteiger partial charge in [0.1, 0.15) is 17.7 Å². The van der Waals surface area contributed by atoms with Crippen LogP contribution in [0.4, 0.5) is 10.5 Å². The van der Waals surface area contributed by atoms with Crippen molar-refractivity contribution in [2.24, 2.45) is 5.92 Å². The minimum Gasteiger partial charge on any atom is -0.444 e. The van der Waals surface area contributed by atoms with Crippen molar-refractivity contribution in [3.8, 4) is 12.3 Å². The Labute approximate surface area is 236 Å². The van der Waals surface area contributed by atoms with Crippen LogP contribution in [-0.4, -0.2) is 41.0 Å². The van der Waals surface area contributed by atoms with Gasteiger partial charge in [-0.15, -0.1) is 13.0 Å². The summed E-state index contributed by atoms with van der Waals surface area (Å²) >= 11 is 6.39. The highest BCUT2D eigenvalue weighted by Gasteiger charge is 2.38. The minimum absolute atomic E-state index is 0.0399. The van der Waals surface area contributed by atoms with E-state index in [1.165, 1.54) is 11.0 Å². The van der Waals surface area contributed by atoms with Gasteiger partial charge in [-0.25, -0.2) is 4.79 Å². The molecule has 0 spiro atoms. The van der Waals surface area contributed by atoms with Gasteiger partial charge in [0.25, 0.3) is 5.91 Å². The second-order valence-electron chi connectivity index (χ2n) is 10.4. The number of nitrogens with one attached hydrogen (secondary N) is 2. The Bertz CT molecular complexity index is 1210. The van der Waals surface area contributed by atoms with Crippen molar-refractivity contribution in [1.29, 1.82) is 0 Å². The lowest BCUT2D eigenvalue weighted by Crippen LogP contribution is -2.54. The molecule has 8 heteroatoms. The summed E-state index contributed by atoms with van der Waals surface area (Å²) in [6, 6.07) is 10.1. The molecular weight excluding hydrogens is 514 g/mol. The fourth-order valence-corrected chi connectivity index (χ4v) is 4.24. The first-order valence-electron chi connectivity index (χ1n) is 12.9. The van der Waals surface area contributed by atoms with E-state index in [4.69, 9.17) is 22.8 Å². The van der Waals surface area contributed by atoms with E-state index in [9.17, 15) is 14.4 Å². The number of carbonyl (C=O) groups excluding carboxylic acids is 3. The fraction of sp³-hybridized carbons (Fsp3) is 0.387. The number of aryl methyl sites for hydroxylation is 1. The van der Waals surface area contributed by atoms with E-state index in [1.54, 1.807) is 57.2 Å². The average molecular weight is 552 g/mol. The van der Waals surface area contributed by atoms with E-state index in [2.05, 4.69) is 23.1 Å². The van der Waals surface area contributed by atoms with Crippen LogP contribution in [0.15, 0.2) is 55.1 Å². The van der Waals surface area contributed by atoms with Crippen molar-refractivity contribution in [2.75, 3.05) is 11.9 Å². The molecule has 39 heavy (non-hydrogen) atoms. The second kappa shape index (κ2) is 13.9. The molecule has 7 nitrogen and oxygen atoms in total. The van der Waals surface area contributed by atoms with Crippen molar-refractivity contribution in [1.82, 2.24) is 10.2 Å². The van der Waals surface area contributed by atoms with E-state index in [0.29, 0.717) is 28.3 Å². The molecule has 0 radical (unpaired) electrons. The Morgan fingerprint density at radius 2 is 1.82 bits per heavy atom. The van der Waals surface area contributed by atoms with Gasteiger partial charge in [-0.3, -0.25) is 9.59 Å². The molecule has 0 aliphatic heterocycles. The Kier molecular flexibility index (Phi) is 11.2. The number of carbonyl (C=O) groups is 3. The number of anilines is 1. The molecule has 0 aromatic heterocycles. The lowest BCUT2D eigenvalue weighted by Gasteiger charge is -2.35. The minimum atomic E-state index is -1.08. The number of benzene rings is 2. The number of ether oxygens (including phenoxy) is 1. The summed E-state index contributed by atoms with van der Waals surface area (Å²) < 4.78 is 5.42. The molecule has 3 amide bonds. The number of nitrogens with zero attached hydrogens (tertiary/aromatic N) is 1. The van der Waals surface area contributed by atoms with Gasteiger partial charge in [0.05, 0.1) is 10.7 Å². The summed E-state index contributed by atoms with van der Waals surface area (Å²) in [6.45, 7) is 14.7. The molecule has 3 unspecified atom stereocenters. The zero-order valence-corrected chi connectivity index (χ0v) is 24.3. The summed E-state index contributed by atoms with van der Waals surface area (Å²) in [5, 5.41) is 6.00. The maximum absolute atomic E-state index is 14.1. The first-order chi connectivity index (χ1) is 18.3. The third-order valence-electron chi connectivity index (χ3n) is 6.18. The summed E-state index contributed by atoms with van der Waals surface area (Å²) in [6.07, 6.45) is 6.95. The van der Waals surface area contributed by atoms with E-state index >= 15 is 0 Å². The van der Waals surface area contributed by atoms with E-state index in [-0.39, 0.29) is 12.5 Å². The maximum atomic E-state index is 14.1. The first kappa shape index (κ1) is 31.5. The van der Waals surface area contributed by atoms with Crippen LogP contribution in [0.2, 0.25) is 5.02 Å². The Morgan fingerprint density at radius 3 is 2.33 bits per heavy atom. The number of alkyl carbamates (subject to hydrolysis) is 1. The Hall–Kier alpha value is -3.76. The van der Waals surface area contributed by atoms with Gasteiger partial charge in [0, 0.05) is 12.1 Å². The highest BCUT2D eigenvalue weighted by Crippen LogP contribution is 2.30. The third-order valence-corrected chi connectivity index (χ3v) is 6.50. The van der Waals surface area contributed by atoms with E-state index in [0.717, 1.165) is 5.56 Å². The molecule has 0 heterocycles. The predicted octanol–water partition coefficient (Wildman–Crippen LogP) is 6.26. The summed E-state index contributed by atoms with van der Waals surface area (Å²) in [5.74, 6) is 1.38. The molecule has 0 bridgehead atoms. The normalized spacial score (nSPS) is 13.3. The van der Waals surface area contributed by atoms with Gasteiger partial charge in [-0.1, -0.05) is 68.1 Å². The van der Waals surface area contributed by atoms with Crippen LogP contribution in [0, 0.1) is 25.2 Å². The van der Waals surface area contributed by atoms with Crippen molar-refractivity contribution >= 4 is 35.2 Å². The number of terminal acetylenes is 1. The first-order valence-corrected chi connectivity index (χ1v) is 13.2. The van der Waals surface area contributed by atoms with Gasteiger partial charge in [0.2, 0.25) is 5.91 Å². The summed E-state index contributed by atoms with van der Waals surface area (Å²) in [5.41, 5.74) is 1.63. The highest BCUT2D eigenvalue weighted by atomic mass is 35.5. The molecule has 0 saturated carbocycles. The molecular formula is C31H38ClN3O4. The number of rotatable bonds is 10. The molecule has 3 atom stereocenters. The maximum Gasteiger partial charge on any atom is 0.408 e. The van der Waals surface area contributed by atoms with Crippen LogP contribution in [0.1, 0.15) is 63.8 Å². The number of halogens is 1. The molecule has 208 valence electrons. The lowest BCUT2D eigenvalue weighted by atomic mass is 9.95. The van der Waals surface area contributed by atoms with Gasteiger partial charge in [-0.2, -0.15) is 0 Å². The quantitative estimate of drug-likeness (QED) is 0.269. The highest BCUT2D eigenvalue weighted by molar-refractivity contribution is 6.34. The molecule has 0 saturated heterocycles. The number of hydrogen-bond acceptors (Lipinski definition) is 4. The largest absolute Gasteiger partial charge is 0.444 e. The van der Waals surface area contributed by atoms with Gasteiger partial charge >= 0.3 is 6.09 Å². The standard InChI is InChI=1S/C31H38ClN3O4/c1-9-19-35(29(37)26(20(4)10-2)34-30(38)39-31(6,7)8)27(23-17-15-22(11-3)16-18-23)28(36)33-25-21(5)13-12-14-24(25)32/h3,9,12-18,20,26-27H,1,10,19H2,2,4-8H3,(H,33,36)(H,34,38). The Morgan fingerprint density at radius 1 is 1.18 bits per heavy atom. The number of hydrogen-bond donors (Lipinski definition) is 2. The number of amides is 3. The van der Waals surface area contributed by atoms with Crippen molar-refractivity contribution < 1.29 is 19.1 Å². The zero-order valence-electron chi connectivity index (χ0n) is 23.5. The van der Waals surface area contributed by atoms with Crippen LogP contribution >= 0.6 is 11.6 Å². The summed E-state index contributed by atoms with van der Waals surface area (Å²) in [4.78, 5) is 42.1. The lowest BCUT2D eigenvalue weighted by molar-refractivity contribution is -0.141. The fourth-order valence-electron chi connectivity index (χ4n) is 3.97. The SMILES string of the molecule is C#Cc1ccc(C(C(=O)Nc2c(C)cccc2Cl)N(CC=C)C(=O)C(NC(=O)OC(C)(C)C)C(C)CC)cc1. The van der Waals surface area contributed by atoms with Crippen molar-refractivity contribution in [2.45, 2.75) is 65.6 Å². The molecule has 2 aromatic carbocycles. The van der Waals surface area contributed by atoms with E-state index < -0.39 is 35.6 Å². The van der Waals surface area contributed by atoms with E-state index in [1.807, 2.05) is 26.8 Å². The predicted molar refractivity (Wildman–Crippen MR) is 156 cm³/mol. The average Bonchev–Trinajstić information content (AvgIpc) is 2.87. The van der Waals surface area contributed by atoms with Crippen LogP contribution in [0.3, 0.4) is 0 Å². The summed E-state index contributed by atoms with van der Waals surface area (Å²) in [7, 11) is 0. The molecule has 0 aliphatic rings.